The number of hydrogen-bond acceptors (Lipinski definition) is 2. The predicted molar refractivity (Wildman–Crippen MR) is 60.3 cm³/mol. The molecule has 0 spiro atoms. The second-order valence-electron chi connectivity index (χ2n) is 4.05. The van der Waals surface area contributed by atoms with E-state index in [9.17, 15) is 0 Å². The third kappa shape index (κ3) is 2.02. The summed E-state index contributed by atoms with van der Waals surface area (Å²) in [5.41, 5.74) is 3.89. The fraction of sp³-hybridized carbons (Fsp3) is 0.417. The van der Waals surface area contributed by atoms with Crippen LogP contribution in [0.3, 0.4) is 0 Å². The lowest BCUT2D eigenvalue weighted by Gasteiger charge is -2.13. The highest BCUT2D eigenvalue weighted by atomic mass is 15.0. The highest BCUT2D eigenvalue weighted by Gasteiger charge is 2.06. The maximum absolute atomic E-state index is 4.42. The zero-order chi connectivity index (χ0) is 9.97. The Labute approximate surface area is 85.3 Å². The van der Waals surface area contributed by atoms with E-state index in [0.29, 0.717) is 0 Å². The van der Waals surface area contributed by atoms with Gasteiger partial charge in [-0.2, -0.15) is 0 Å². The molecule has 2 heteroatoms. The van der Waals surface area contributed by atoms with E-state index >= 15 is 0 Å². The molecular weight excluding hydrogens is 172 g/mol. The van der Waals surface area contributed by atoms with Crippen molar-refractivity contribution >= 4 is 11.9 Å². The minimum absolute atomic E-state index is 0.989. The molecule has 0 N–H and O–H groups in total. The molecule has 0 atom stereocenters. The van der Waals surface area contributed by atoms with Gasteiger partial charge < -0.3 is 4.90 Å². The van der Waals surface area contributed by atoms with Crippen molar-refractivity contribution in [3.63, 3.8) is 0 Å². The van der Waals surface area contributed by atoms with Crippen molar-refractivity contribution in [3.05, 3.63) is 29.3 Å². The molecule has 2 rings (SSSR count). The first kappa shape index (κ1) is 9.41. The van der Waals surface area contributed by atoms with E-state index in [4.69, 9.17) is 0 Å². The summed E-state index contributed by atoms with van der Waals surface area (Å²) < 4.78 is 0. The van der Waals surface area contributed by atoms with Gasteiger partial charge in [0.1, 0.15) is 0 Å². The van der Waals surface area contributed by atoms with Gasteiger partial charge in [-0.05, 0) is 44.1 Å². The van der Waals surface area contributed by atoms with E-state index in [1.54, 1.807) is 0 Å². The molecule has 0 aromatic heterocycles. The van der Waals surface area contributed by atoms with Crippen LogP contribution in [0, 0.1) is 0 Å². The molecule has 2 nitrogen and oxygen atoms in total. The van der Waals surface area contributed by atoms with Gasteiger partial charge in [0.2, 0.25) is 0 Å². The molecule has 0 saturated carbocycles. The largest absolute Gasteiger partial charge is 0.305 e. The van der Waals surface area contributed by atoms with E-state index < -0.39 is 0 Å². The Kier molecular flexibility index (Phi) is 2.64. The van der Waals surface area contributed by atoms with E-state index in [-0.39, 0.29) is 0 Å². The lowest BCUT2D eigenvalue weighted by atomic mass is 10.0. The predicted octanol–water partition coefficient (Wildman–Crippen LogP) is 2.40. The number of benzene rings is 1. The average Bonchev–Trinajstić information content (AvgIpc) is 2.17. The van der Waals surface area contributed by atoms with Crippen LogP contribution in [0.4, 0.5) is 5.69 Å². The fourth-order valence-corrected chi connectivity index (χ4v) is 1.79. The molecule has 1 heterocycles. The summed E-state index contributed by atoms with van der Waals surface area (Å²) in [5, 5.41) is 0. The highest BCUT2D eigenvalue weighted by molar-refractivity contribution is 5.69. The van der Waals surface area contributed by atoms with Crippen LogP contribution in [0.5, 0.6) is 0 Å². The van der Waals surface area contributed by atoms with Gasteiger partial charge in [-0.15, -0.1) is 0 Å². The average molecular weight is 188 g/mol. The van der Waals surface area contributed by atoms with Crippen LogP contribution in [0.1, 0.15) is 17.5 Å². The monoisotopic (exact) mass is 188 g/mol. The van der Waals surface area contributed by atoms with Crippen LogP contribution in [-0.4, -0.2) is 25.2 Å². The molecule has 1 aliphatic rings. The van der Waals surface area contributed by atoms with Crippen LogP contribution >= 0.6 is 0 Å². The lowest BCUT2D eigenvalue weighted by molar-refractivity contribution is 0.402. The van der Waals surface area contributed by atoms with Crippen molar-refractivity contribution in [2.45, 2.75) is 19.4 Å². The molecule has 74 valence electrons. The van der Waals surface area contributed by atoms with Crippen LogP contribution in [0.2, 0.25) is 0 Å². The van der Waals surface area contributed by atoms with Crippen molar-refractivity contribution in [2.75, 3.05) is 14.1 Å². The Morgan fingerprint density at radius 2 is 2.21 bits per heavy atom. The summed E-state index contributed by atoms with van der Waals surface area (Å²) in [5.74, 6) is 0. The summed E-state index contributed by atoms with van der Waals surface area (Å²) in [4.78, 5) is 6.59. The summed E-state index contributed by atoms with van der Waals surface area (Å²) >= 11 is 0. The quantitative estimate of drug-likeness (QED) is 0.696. The second kappa shape index (κ2) is 3.93. The van der Waals surface area contributed by atoms with E-state index in [1.165, 1.54) is 11.1 Å². The highest BCUT2D eigenvalue weighted by Crippen LogP contribution is 2.25. The van der Waals surface area contributed by atoms with Crippen molar-refractivity contribution in [1.29, 1.82) is 0 Å². The first-order valence-corrected chi connectivity index (χ1v) is 5.05. The summed E-state index contributed by atoms with van der Waals surface area (Å²) in [6, 6.07) is 6.62. The van der Waals surface area contributed by atoms with E-state index in [1.807, 2.05) is 6.21 Å². The molecule has 0 unspecified atom stereocenters. The molecule has 0 amide bonds. The fourth-order valence-electron chi connectivity index (χ4n) is 1.79. The zero-order valence-electron chi connectivity index (χ0n) is 8.83. The Morgan fingerprint density at radius 1 is 1.36 bits per heavy atom. The number of hydrogen-bond donors (Lipinski definition) is 0. The van der Waals surface area contributed by atoms with Gasteiger partial charge in [0.15, 0.2) is 0 Å². The zero-order valence-corrected chi connectivity index (χ0v) is 8.83. The molecule has 0 fully saturated rings. The first-order chi connectivity index (χ1) is 6.75. The van der Waals surface area contributed by atoms with Gasteiger partial charge in [0.25, 0.3) is 0 Å². The van der Waals surface area contributed by atoms with Gasteiger partial charge in [-0.1, -0.05) is 12.1 Å². The molecule has 1 aromatic rings. The van der Waals surface area contributed by atoms with E-state index in [2.05, 4.69) is 42.2 Å². The first-order valence-electron chi connectivity index (χ1n) is 5.05. The Bertz CT molecular complexity index is 353. The van der Waals surface area contributed by atoms with Gasteiger partial charge >= 0.3 is 0 Å². The molecule has 0 saturated heterocycles. The van der Waals surface area contributed by atoms with Gasteiger partial charge in [0.05, 0.1) is 5.69 Å². The number of fused-ring (bicyclic) bond motifs is 1. The molecular formula is C12H16N2. The second-order valence-corrected chi connectivity index (χ2v) is 4.05. The Morgan fingerprint density at radius 3 is 3.00 bits per heavy atom. The molecule has 14 heavy (non-hydrogen) atoms. The van der Waals surface area contributed by atoms with Crippen LogP contribution in [0.15, 0.2) is 23.2 Å². The van der Waals surface area contributed by atoms with E-state index in [0.717, 1.165) is 25.1 Å². The third-order valence-electron chi connectivity index (χ3n) is 2.42. The summed E-state index contributed by atoms with van der Waals surface area (Å²) in [6.07, 6.45) is 4.24. The van der Waals surface area contributed by atoms with Crippen molar-refractivity contribution < 1.29 is 0 Å². The molecule has 0 bridgehead atoms. The Hall–Kier alpha value is -1.15. The van der Waals surface area contributed by atoms with Crippen LogP contribution in [0.25, 0.3) is 0 Å². The van der Waals surface area contributed by atoms with Crippen molar-refractivity contribution in [2.24, 2.45) is 4.99 Å². The topological polar surface area (TPSA) is 15.6 Å². The Balaban J connectivity index is 2.26. The van der Waals surface area contributed by atoms with Crippen LogP contribution in [-0.2, 0) is 13.0 Å². The number of rotatable bonds is 2. The van der Waals surface area contributed by atoms with Gasteiger partial charge in [-0.3, -0.25) is 4.99 Å². The minimum Gasteiger partial charge on any atom is -0.305 e. The third-order valence-corrected chi connectivity index (χ3v) is 2.42. The molecule has 0 radical (unpaired) electrons. The number of aliphatic imine (C=N–C) groups is 1. The SMILES string of the molecule is CN(C)Cc1ccc2c(c1)N=CCC2. The van der Waals surface area contributed by atoms with Gasteiger partial charge in [-0.25, -0.2) is 0 Å². The van der Waals surface area contributed by atoms with Crippen molar-refractivity contribution in [3.8, 4) is 0 Å². The minimum atomic E-state index is 0.989. The standard InChI is InChI=1S/C12H16N2/c1-14(2)9-10-5-6-11-4-3-7-13-12(11)8-10/h5-8H,3-4,9H2,1-2H3. The molecule has 0 aliphatic carbocycles. The number of aryl methyl sites for hydroxylation is 1. The summed E-state index contributed by atoms with van der Waals surface area (Å²) in [7, 11) is 4.17. The number of nitrogens with zero attached hydrogens (tertiary/aromatic N) is 2. The molecule has 1 aliphatic heterocycles. The smallest absolute Gasteiger partial charge is 0.0661 e. The van der Waals surface area contributed by atoms with Crippen LogP contribution < -0.4 is 0 Å². The maximum atomic E-state index is 4.42. The maximum Gasteiger partial charge on any atom is 0.0661 e. The van der Waals surface area contributed by atoms with Gasteiger partial charge in [0, 0.05) is 12.8 Å². The van der Waals surface area contributed by atoms with Crippen molar-refractivity contribution in [1.82, 2.24) is 4.90 Å². The normalized spacial score (nSPS) is 14.5. The summed E-state index contributed by atoms with van der Waals surface area (Å²) in [6.45, 7) is 0.989. The lowest BCUT2D eigenvalue weighted by Crippen LogP contribution is -2.10. The molecule has 1 aromatic carbocycles.